The number of phenols is 1. The first-order chi connectivity index (χ1) is 21.9. The van der Waals surface area contributed by atoms with E-state index in [1.54, 1.807) is 92.0 Å². The average Bonchev–Trinajstić information content (AvgIpc) is 3.09. The molecule has 6 aromatic rings. The molecular weight excluding hydrogens is 566 g/mol. The third-order valence-corrected chi connectivity index (χ3v) is 7.21. The van der Waals surface area contributed by atoms with Gasteiger partial charge in [-0.2, -0.15) is 10.5 Å². The molecule has 1 N–H and O–H groups in total. The van der Waals surface area contributed by atoms with Crippen LogP contribution in [0.2, 0.25) is 0 Å². The van der Waals surface area contributed by atoms with Crippen LogP contribution in [0.3, 0.4) is 0 Å². The maximum atomic E-state index is 14.5. The van der Waals surface area contributed by atoms with Crippen molar-refractivity contribution in [3.8, 4) is 68.1 Å². The fraction of sp³-hybridized carbons (Fsp3) is 0.0256. The molecule has 0 aliphatic carbocycles. The highest BCUT2D eigenvalue weighted by molar-refractivity contribution is 5.73. The van der Waals surface area contributed by atoms with Crippen molar-refractivity contribution in [2.75, 3.05) is 7.11 Å². The molecule has 6 rings (SSSR count). The van der Waals surface area contributed by atoms with Crippen LogP contribution in [0.15, 0.2) is 133 Å². The monoisotopic (exact) mass is 592 g/mol. The number of phenolic OH excluding ortho intramolecular Hbond substituents is 1. The normalized spacial score (nSPS) is 10.2. The summed E-state index contributed by atoms with van der Waals surface area (Å²) < 4.78 is 34.0. The highest BCUT2D eigenvalue weighted by atomic mass is 19.1. The Bertz CT molecular complexity index is 2010. The van der Waals surface area contributed by atoms with Crippen LogP contribution in [-0.2, 0) is 0 Å². The van der Waals surface area contributed by atoms with Gasteiger partial charge in [-0.25, -0.2) is 8.78 Å². The predicted molar refractivity (Wildman–Crippen MR) is 172 cm³/mol. The molecule has 4 nitrogen and oxygen atoms in total. The van der Waals surface area contributed by atoms with Gasteiger partial charge in [0.1, 0.15) is 23.1 Å². The van der Waals surface area contributed by atoms with E-state index in [-0.39, 0.29) is 17.4 Å². The van der Waals surface area contributed by atoms with Crippen LogP contribution in [0.5, 0.6) is 11.5 Å². The molecule has 0 unspecified atom stereocenters. The highest BCUT2D eigenvalue weighted by Gasteiger charge is 2.09. The van der Waals surface area contributed by atoms with Crippen molar-refractivity contribution >= 4 is 0 Å². The first-order valence-corrected chi connectivity index (χ1v) is 13.9. The summed E-state index contributed by atoms with van der Waals surface area (Å²) in [6.45, 7) is 0. The molecule has 218 valence electrons. The van der Waals surface area contributed by atoms with E-state index in [4.69, 9.17) is 15.3 Å². The molecule has 6 heteroatoms. The maximum absolute atomic E-state index is 14.5. The van der Waals surface area contributed by atoms with Crippen molar-refractivity contribution in [2.24, 2.45) is 0 Å². The Hall–Kier alpha value is -6.24. The molecule has 0 saturated carbocycles. The van der Waals surface area contributed by atoms with Crippen LogP contribution in [0.1, 0.15) is 11.1 Å². The predicted octanol–water partition coefficient (Wildman–Crippen LogP) is 9.78. The van der Waals surface area contributed by atoms with Crippen LogP contribution < -0.4 is 4.74 Å². The van der Waals surface area contributed by atoms with E-state index in [0.717, 1.165) is 39.1 Å². The number of halogens is 2. The van der Waals surface area contributed by atoms with Gasteiger partial charge in [-0.3, -0.25) is 0 Å². The molecule has 0 spiro atoms. The van der Waals surface area contributed by atoms with Crippen molar-refractivity contribution in [1.82, 2.24) is 0 Å². The molecule has 0 fully saturated rings. The molecule has 0 bridgehead atoms. The number of benzene rings is 6. The lowest BCUT2D eigenvalue weighted by molar-refractivity contribution is 0.415. The second-order valence-electron chi connectivity index (χ2n) is 10.0. The Morgan fingerprint density at radius 2 is 0.844 bits per heavy atom. The van der Waals surface area contributed by atoms with Gasteiger partial charge in [0.05, 0.1) is 30.4 Å². The molecule has 0 radical (unpaired) electrons. The lowest BCUT2D eigenvalue weighted by Gasteiger charge is -2.08. The fourth-order valence-corrected chi connectivity index (χ4v) is 4.74. The average molecular weight is 593 g/mol. The summed E-state index contributed by atoms with van der Waals surface area (Å²) in [6, 6.07) is 42.1. The second-order valence-corrected chi connectivity index (χ2v) is 10.0. The molecular formula is C39H26F2N2O2. The third-order valence-electron chi connectivity index (χ3n) is 7.21. The summed E-state index contributed by atoms with van der Waals surface area (Å²) in [5.74, 6) is 0.333. The molecule has 0 amide bonds. The van der Waals surface area contributed by atoms with Gasteiger partial charge in [0.2, 0.25) is 0 Å². The molecule has 0 saturated heterocycles. The van der Waals surface area contributed by atoms with E-state index in [9.17, 15) is 13.9 Å². The van der Waals surface area contributed by atoms with Crippen LogP contribution in [0.25, 0.3) is 44.5 Å². The first-order valence-electron chi connectivity index (χ1n) is 13.9. The van der Waals surface area contributed by atoms with Crippen molar-refractivity contribution in [1.29, 1.82) is 10.5 Å². The number of aromatic hydroxyl groups is 1. The third kappa shape index (κ3) is 7.22. The van der Waals surface area contributed by atoms with E-state index < -0.39 is 0 Å². The summed E-state index contributed by atoms with van der Waals surface area (Å²) in [5.41, 5.74) is 6.92. The van der Waals surface area contributed by atoms with Crippen molar-refractivity contribution in [2.45, 2.75) is 0 Å². The molecule has 0 aromatic heterocycles. The quantitative estimate of drug-likeness (QED) is 0.216. The number of ether oxygens (including phenoxy) is 1. The summed E-state index contributed by atoms with van der Waals surface area (Å²) >= 11 is 0. The van der Waals surface area contributed by atoms with E-state index in [2.05, 4.69) is 6.07 Å². The minimum atomic E-state index is -0.324. The first kappa shape index (κ1) is 30.2. The van der Waals surface area contributed by atoms with Gasteiger partial charge in [-0.1, -0.05) is 72.8 Å². The zero-order chi connectivity index (χ0) is 31.8. The number of hydrogen-bond acceptors (Lipinski definition) is 4. The standard InChI is InChI=1S/C20H14FNO.C19H12FNO/c1-23-18-9-6-15(7-10-18)17-8-11-19(20(21)12-17)16-4-2-14(13-22)3-5-16;20-19-11-16(14-5-8-17(22)9-6-14)7-10-18(19)15-3-1-13(12-21)2-4-15/h2-12H,1H3;1-11,22H. The maximum Gasteiger partial charge on any atom is 0.131 e. The van der Waals surface area contributed by atoms with Gasteiger partial charge in [0.15, 0.2) is 0 Å². The van der Waals surface area contributed by atoms with E-state index >= 15 is 0 Å². The van der Waals surface area contributed by atoms with Gasteiger partial charge in [0, 0.05) is 11.1 Å². The fourth-order valence-electron chi connectivity index (χ4n) is 4.74. The number of rotatable bonds is 5. The Labute approximate surface area is 260 Å². The van der Waals surface area contributed by atoms with Crippen molar-refractivity contribution < 1.29 is 18.6 Å². The van der Waals surface area contributed by atoms with E-state index in [1.165, 1.54) is 12.1 Å². The van der Waals surface area contributed by atoms with Crippen molar-refractivity contribution in [3.63, 3.8) is 0 Å². The topological polar surface area (TPSA) is 77.0 Å². The summed E-state index contributed by atoms with van der Waals surface area (Å²) in [5, 5.41) is 26.9. The number of nitrogens with zero attached hydrogens (tertiary/aromatic N) is 2. The summed E-state index contributed by atoms with van der Waals surface area (Å²) in [6.07, 6.45) is 0. The lowest BCUT2D eigenvalue weighted by Crippen LogP contribution is -1.88. The molecule has 0 heterocycles. The van der Waals surface area contributed by atoms with Crippen LogP contribution in [-0.4, -0.2) is 12.2 Å². The minimum absolute atomic E-state index is 0.179. The zero-order valence-corrected chi connectivity index (χ0v) is 24.2. The van der Waals surface area contributed by atoms with Gasteiger partial charge < -0.3 is 9.84 Å². The molecule has 45 heavy (non-hydrogen) atoms. The smallest absolute Gasteiger partial charge is 0.131 e. The Morgan fingerprint density at radius 3 is 1.20 bits per heavy atom. The van der Waals surface area contributed by atoms with E-state index in [0.29, 0.717) is 22.3 Å². The van der Waals surface area contributed by atoms with Crippen LogP contribution in [0, 0.1) is 34.3 Å². The Kier molecular flexibility index (Phi) is 9.28. The number of methoxy groups -OCH3 is 1. The number of nitriles is 2. The van der Waals surface area contributed by atoms with Gasteiger partial charge >= 0.3 is 0 Å². The molecule has 0 aliphatic heterocycles. The summed E-state index contributed by atoms with van der Waals surface area (Å²) in [4.78, 5) is 0. The lowest BCUT2D eigenvalue weighted by atomic mass is 9.99. The Balaban J connectivity index is 0.000000178. The van der Waals surface area contributed by atoms with Gasteiger partial charge in [-0.05, 0) is 94.0 Å². The summed E-state index contributed by atoms with van der Waals surface area (Å²) in [7, 11) is 1.61. The second kappa shape index (κ2) is 13.8. The van der Waals surface area contributed by atoms with E-state index in [1.807, 2.05) is 42.5 Å². The van der Waals surface area contributed by atoms with Crippen LogP contribution >= 0.6 is 0 Å². The molecule has 0 atom stereocenters. The highest BCUT2D eigenvalue weighted by Crippen LogP contribution is 2.30. The van der Waals surface area contributed by atoms with Crippen molar-refractivity contribution in [3.05, 3.63) is 156 Å². The molecule has 0 aliphatic rings. The minimum Gasteiger partial charge on any atom is -0.508 e. The number of hydrogen-bond donors (Lipinski definition) is 1. The van der Waals surface area contributed by atoms with Crippen LogP contribution in [0.4, 0.5) is 8.78 Å². The largest absolute Gasteiger partial charge is 0.508 e. The van der Waals surface area contributed by atoms with Gasteiger partial charge in [0.25, 0.3) is 0 Å². The zero-order valence-electron chi connectivity index (χ0n) is 24.2. The van der Waals surface area contributed by atoms with Gasteiger partial charge in [-0.15, -0.1) is 0 Å². The SMILES string of the molecule is COc1ccc(-c2ccc(-c3ccc(C#N)cc3)c(F)c2)cc1.N#Cc1ccc(-c2ccc(-c3ccc(O)cc3)cc2F)cc1. The molecule has 6 aromatic carbocycles. The Morgan fingerprint density at radius 1 is 0.489 bits per heavy atom.